The molecular formula is C12H16ClNO. The van der Waals surface area contributed by atoms with Crippen LogP contribution in [-0.4, -0.2) is 11.7 Å². The molecule has 3 heteroatoms. The highest BCUT2D eigenvalue weighted by Gasteiger charge is 2.16. The van der Waals surface area contributed by atoms with Crippen LogP contribution in [0.3, 0.4) is 0 Å². The lowest BCUT2D eigenvalue weighted by molar-refractivity contribution is 0.301. The topological polar surface area (TPSA) is 32.3 Å². The van der Waals surface area contributed by atoms with Crippen molar-refractivity contribution in [1.82, 2.24) is 5.32 Å². The molecule has 0 spiro atoms. The minimum absolute atomic E-state index is 0.152. The second-order valence-corrected chi connectivity index (χ2v) is 4.62. The number of phenols is 1. The summed E-state index contributed by atoms with van der Waals surface area (Å²) in [6.07, 6.45) is 4.12. The van der Waals surface area contributed by atoms with E-state index in [1.807, 2.05) is 12.1 Å². The van der Waals surface area contributed by atoms with Gasteiger partial charge in [-0.3, -0.25) is 0 Å². The van der Waals surface area contributed by atoms with E-state index in [-0.39, 0.29) is 5.75 Å². The first-order chi connectivity index (χ1) is 7.25. The molecule has 2 rings (SSSR count). The highest BCUT2D eigenvalue weighted by molar-refractivity contribution is 6.32. The molecule has 1 aromatic carbocycles. The van der Waals surface area contributed by atoms with Gasteiger partial charge < -0.3 is 10.4 Å². The lowest BCUT2D eigenvalue weighted by Gasteiger charge is -2.25. The number of nitrogens with one attached hydrogen (secondary N) is 1. The van der Waals surface area contributed by atoms with Crippen molar-refractivity contribution in [3.05, 3.63) is 28.8 Å². The van der Waals surface area contributed by atoms with Crippen molar-refractivity contribution in [3.8, 4) is 5.75 Å². The summed E-state index contributed by atoms with van der Waals surface area (Å²) in [5.74, 6) is 1.02. The molecule has 0 aromatic heterocycles. The third-order valence-electron chi connectivity index (χ3n) is 3.00. The number of hydrogen-bond acceptors (Lipinski definition) is 2. The van der Waals surface area contributed by atoms with Gasteiger partial charge in [-0.2, -0.15) is 0 Å². The molecule has 0 amide bonds. The van der Waals surface area contributed by atoms with Crippen molar-refractivity contribution in [2.45, 2.75) is 25.8 Å². The van der Waals surface area contributed by atoms with Crippen LogP contribution in [0.5, 0.6) is 5.75 Å². The molecule has 1 aromatic rings. The lowest BCUT2D eigenvalue weighted by atomic mass is 9.85. The maximum Gasteiger partial charge on any atom is 0.134 e. The quantitative estimate of drug-likeness (QED) is 0.826. The number of aromatic hydroxyl groups is 1. The number of benzene rings is 1. The number of hydrogen-bond donors (Lipinski definition) is 2. The van der Waals surface area contributed by atoms with Crippen LogP contribution in [0.25, 0.3) is 0 Å². The van der Waals surface area contributed by atoms with Crippen LogP contribution in [0.1, 0.15) is 24.8 Å². The van der Waals surface area contributed by atoms with E-state index in [4.69, 9.17) is 11.6 Å². The van der Waals surface area contributed by atoms with E-state index in [1.54, 1.807) is 6.07 Å². The van der Waals surface area contributed by atoms with Crippen LogP contribution in [0.4, 0.5) is 0 Å². The average Bonchev–Trinajstić information content (AvgIpc) is 2.15. The zero-order chi connectivity index (χ0) is 10.7. The second kappa shape index (κ2) is 4.86. The molecule has 1 aliphatic carbocycles. The molecule has 1 saturated carbocycles. The molecule has 0 atom stereocenters. The fourth-order valence-electron chi connectivity index (χ4n) is 1.78. The first-order valence-corrected chi connectivity index (χ1v) is 5.81. The van der Waals surface area contributed by atoms with Gasteiger partial charge in [0.2, 0.25) is 0 Å². The van der Waals surface area contributed by atoms with Gasteiger partial charge in [0.05, 0.1) is 5.02 Å². The molecule has 15 heavy (non-hydrogen) atoms. The Labute approximate surface area is 95.3 Å². The molecular weight excluding hydrogens is 210 g/mol. The predicted octanol–water partition coefficient (Wildman–Crippen LogP) is 2.94. The Balaban J connectivity index is 1.79. The largest absolute Gasteiger partial charge is 0.506 e. The highest BCUT2D eigenvalue weighted by atomic mass is 35.5. The van der Waals surface area contributed by atoms with Crippen LogP contribution in [0, 0.1) is 5.92 Å². The van der Waals surface area contributed by atoms with Crippen molar-refractivity contribution >= 4 is 11.6 Å². The Morgan fingerprint density at radius 1 is 1.40 bits per heavy atom. The van der Waals surface area contributed by atoms with E-state index in [0.29, 0.717) is 5.02 Å². The molecule has 0 heterocycles. The summed E-state index contributed by atoms with van der Waals surface area (Å²) in [4.78, 5) is 0. The van der Waals surface area contributed by atoms with Crippen LogP contribution >= 0.6 is 11.6 Å². The van der Waals surface area contributed by atoms with E-state index in [1.165, 1.54) is 19.3 Å². The minimum atomic E-state index is 0.152. The molecule has 2 N–H and O–H groups in total. The van der Waals surface area contributed by atoms with E-state index in [0.717, 1.165) is 24.6 Å². The first kappa shape index (κ1) is 10.8. The van der Waals surface area contributed by atoms with Crippen molar-refractivity contribution in [1.29, 1.82) is 0 Å². The molecule has 0 radical (unpaired) electrons. The van der Waals surface area contributed by atoms with E-state index in [2.05, 4.69) is 5.32 Å². The van der Waals surface area contributed by atoms with Gasteiger partial charge >= 0.3 is 0 Å². The molecule has 1 fully saturated rings. The van der Waals surface area contributed by atoms with Crippen molar-refractivity contribution < 1.29 is 5.11 Å². The van der Waals surface area contributed by atoms with Gasteiger partial charge in [-0.15, -0.1) is 0 Å². The minimum Gasteiger partial charge on any atom is -0.506 e. The molecule has 2 nitrogen and oxygen atoms in total. The average molecular weight is 226 g/mol. The fraction of sp³-hybridized carbons (Fsp3) is 0.500. The van der Waals surface area contributed by atoms with Gasteiger partial charge in [0.25, 0.3) is 0 Å². The summed E-state index contributed by atoms with van der Waals surface area (Å²) in [6.45, 7) is 1.93. The van der Waals surface area contributed by atoms with Gasteiger partial charge in [-0.25, -0.2) is 0 Å². The number of phenolic OH excluding ortho intramolecular Hbond substituents is 1. The summed E-state index contributed by atoms with van der Waals surface area (Å²) < 4.78 is 0. The summed E-state index contributed by atoms with van der Waals surface area (Å²) in [7, 11) is 0. The fourth-order valence-corrected chi connectivity index (χ4v) is 1.98. The Hall–Kier alpha value is -0.730. The van der Waals surface area contributed by atoms with Crippen LogP contribution in [0.2, 0.25) is 5.02 Å². The van der Waals surface area contributed by atoms with E-state index in [9.17, 15) is 5.11 Å². The molecule has 0 aliphatic heterocycles. The molecule has 82 valence electrons. The molecule has 0 bridgehead atoms. The Morgan fingerprint density at radius 3 is 2.80 bits per heavy atom. The summed E-state index contributed by atoms with van der Waals surface area (Å²) in [6, 6.07) is 5.35. The SMILES string of the molecule is Oc1ccc(CNCC2CCC2)cc1Cl. The maximum atomic E-state index is 9.25. The summed E-state index contributed by atoms with van der Waals surface area (Å²) in [5, 5.41) is 13.1. The number of halogens is 1. The Kier molecular flexibility index (Phi) is 3.49. The standard InChI is InChI=1S/C12H16ClNO/c13-11-6-10(4-5-12(11)15)8-14-7-9-2-1-3-9/h4-6,9,14-15H,1-3,7-8H2. The van der Waals surface area contributed by atoms with Crippen LogP contribution < -0.4 is 5.32 Å². The molecule has 0 saturated heterocycles. The third kappa shape index (κ3) is 2.86. The summed E-state index contributed by atoms with van der Waals surface area (Å²) >= 11 is 5.82. The lowest BCUT2D eigenvalue weighted by Crippen LogP contribution is -2.26. The van der Waals surface area contributed by atoms with E-state index < -0.39 is 0 Å². The van der Waals surface area contributed by atoms with Gasteiger partial charge in [0.15, 0.2) is 0 Å². The number of rotatable bonds is 4. The maximum absolute atomic E-state index is 9.25. The Bertz CT molecular complexity index is 336. The van der Waals surface area contributed by atoms with Crippen LogP contribution in [0.15, 0.2) is 18.2 Å². The normalized spacial score (nSPS) is 16.3. The zero-order valence-electron chi connectivity index (χ0n) is 8.67. The van der Waals surface area contributed by atoms with Gasteiger partial charge in [0.1, 0.15) is 5.75 Å². The van der Waals surface area contributed by atoms with Crippen molar-refractivity contribution in [3.63, 3.8) is 0 Å². The van der Waals surface area contributed by atoms with Crippen molar-refractivity contribution in [2.75, 3.05) is 6.54 Å². The monoisotopic (exact) mass is 225 g/mol. The van der Waals surface area contributed by atoms with Gasteiger partial charge in [-0.1, -0.05) is 24.1 Å². The third-order valence-corrected chi connectivity index (χ3v) is 3.30. The smallest absolute Gasteiger partial charge is 0.134 e. The Morgan fingerprint density at radius 2 is 2.20 bits per heavy atom. The van der Waals surface area contributed by atoms with Gasteiger partial charge in [-0.05, 0) is 43.0 Å². The molecule has 1 aliphatic rings. The first-order valence-electron chi connectivity index (χ1n) is 5.44. The molecule has 0 unspecified atom stereocenters. The van der Waals surface area contributed by atoms with Crippen LogP contribution in [-0.2, 0) is 6.54 Å². The van der Waals surface area contributed by atoms with E-state index >= 15 is 0 Å². The van der Waals surface area contributed by atoms with Gasteiger partial charge in [0, 0.05) is 6.54 Å². The second-order valence-electron chi connectivity index (χ2n) is 4.21. The van der Waals surface area contributed by atoms with Crippen molar-refractivity contribution in [2.24, 2.45) is 5.92 Å². The summed E-state index contributed by atoms with van der Waals surface area (Å²) in [5.41, 5.74) is 1.12. The predicted molar refractivity (Wildman–Crippen MR) is 62.2 cm³/mol. The zero-order valence-corrected chi connectivity index (χ0v) is 9.43. The highest BCUT2D eigenvalue weighted by Crippen LogP contribution is 2.26.